The summed E-state index contributed by atoms with van der Waals surface area (Å²) in [6.45, 7) is 1.53. The van der Waals surface area contributed by atoms with Crippen LogP contribution < -0.4 is 5.32 Å². The number of esters is 1. The summed E-state index contributed by atoms with van der Waals surface area (Å²) in [6.07, 6.45) is 1.61. The predicted octanol–water partition coefficient (Wildman–Crippen LogP) is 4.06. The lowest BCUT2D eigenvalue weighted by Gasteiger charge is -2.18. The van der Waals surface area contributed by atoms with Gasteiger partial charge in [-0.25, -0.2) is 4.79 Å². The summed E-state index contributed by atoms with van der Waals surface area (Å²) in [4.78, 5) is 34.4. The van der Waals surface area contributed by atoms with Crippen LogP contribution in [0.15, 0.2) is 48.5 Å². The summed E-state index contributed by atoms with van der Waals surface area (Å²) in [6, 6.07) is 12.9. The fourth-order valence-corrected chi connectivity index (χ4v) is 2.71. The van der Waals surface area contributed by atoms with Gasteiger partial charge in [-0.3, -0.25) is 14.9 Å². The molecule has 2 rings (SSSR count). The van der Waals surface area contributed by atoms with E-state index < -0.39 is 29.1 Å². The van der Waals surface area contributed by atoms with Gasteiger partial charge in [0.05, 0.1) is 16.5 Å². The number of nitrogens with one attached hydrogen (secondary N) is 1. The van der Waals surface area contributed by atoms with E-state index in [0.717, 1.165) is 24.5 Å². The molecule has 0 aliphatic heterocycles. The second-order valence-corrected chi connectivity index (χ2v) is 6.23. The number of nitrogens with zero attached hydrogens (tertiary/aromatic N) is 1. The minimum atomic E-state index is -0.836. The van der Waals surface area contributed by atoms with E-state index in [4.69, 9.17) is 16.3 Å². The van der Waals surface area contributed by atoms with E-state index in [1.807, 2.05) is 37.3 Å². The maximum absolute atomic E-state index is 12.1. The van der Waals surface area contributed by atoms with Crippen LogP contribution in [0.3, 0.4) is 0 Å². The van der Waals surface area contributed by atoms with Crippen LogP contribution in [0.1, 0.15) is 41.7 Å². The highest BCUT2D eigenvalue weighted by Crippen LogP contribution is 2.25. The summed E-state index contributed by atoms with van der Waals surface area (Å²) < 4.78 is 4.96. The predicted molar refractivity (Wildman–Crippen MR) is 101 cm³/mol. The molecule has 2 aromatic carbocycles. The first-order valence-corrected chi connectivity index (χ1v) is 8.75. The van der Waals surface area contributed by atoms with E-state index in [0.29, 0.717) is 0 Å². The molecule has 0 radical (unpaired) electrons. The van der Waals surface area contributed by atoms with Gasteiger partial charge in [0.2, 0.25) is 0 Å². The van der Waals surface area contributed by atoms with Crippen molar-refractivity contribution in [2.24, 2.45) is 0 Å². The fraction of sp³-hybridized carbons (Fsp3) is 0.263. The summed E-state index contributed by atoms with van der Waals surface area (Å²) in [5.74, 6) is -1.29. The molecule has 0 bridgehead atoms. The van der Waals surface area contributed by atoms with Crippen molar-refractivity contribution in [3.05, 3.63) is 74.8 Å². The second kappa shape index (κ2) is 9.68. The molecule has 0 spiro atoms. The van der Waals surface area contributed by atoms with Crippen molar-refractivity contribution in [2.75, 3.05) is 6.61 Å². The van der Waals surface area contributed by atoms with Crippen molar-refractivity contribution in [1.82, 2.24) is 5.32 Å². The molecule has 7 nitrogen and oxygen atoms in total. The number of halogens is 1. The van der Waals surface area contributed by atoms with E-state index >= 15 is 0 Å². The normalized spacial score (nSPS) is 11.5. The maximum atomic E-state index is 12.1. The van der Waals surface area contributed by atoms with Crippen molar-refractivity contribution in [3.8, 4) is 0 Å². The van der Waals surface area contributed by atoms with Gasteiger partial charge in [0, 0.05) is 6.07 Å². The quantitative estimate of drug-likeness (QED) is 0.416. The van der Waals surface area contributed by atoms with E-state index in [-0.39, 0.29) is 16.6 Å². The first-order chi connectivity index (χ1) is 12.9. The number of nitro benzene ring substituents is 1. The average Bonchev–Trinajstić information content (AvgIpc) is 2.66. The van der Waals surface area contributed by atoms with E-state index in [2.05, 4.69) is 5.32 Å². The molecule has 27 heavy (non-hydrogen) atoms. The van der Waals surface area contributed by atoms with Gasteiger partial charge in [-0.1, -0.05) is 55.3 Å². The molecule has 1 amide bonds. The number of benzene rings is 2. The highest BCUT2D eigenvalue weighted by molar-refractivity contribution is 6.32. The molecule has 142 valence electrons. The third-order valence-corrected chi connectivity index (χ3v) is 4.15. The summed E-state index contributed by atoms with van der Waals surface area (Å²) in [5, 5.41) is 13.6. The van der Waals surface area contributed by atoms with Crippen molar-refractivity contribution in [2.45, 2.75) is 25.8 Å². The molecular weight excluding hydrogens is 372 g/mol. The smallest absolute Gasteiger partial charge is 0.338 e. The average molecular weight is 391 g/mol. The molecule has 0 saturated heterocycles. The number of hydrogen-bond acceptors (Lipinski definition) is 5. The molecule has 0 heterocycles. The zero-order valence-electron chi connectivity index (χ0n) is 14.7. The number of amides is 1. The Morgan fingerprint density at radius 3 is 2.56 bits per heavy atom. The Morgan fingerprint density at radius 1 is 1.22 bits per heavy atom. The van der Waals surface area contributed by atoms with E-state index in [1.54, 1.807) is 0 Å². The van der Waals surface area contributed by atoms with Crippen molar-refractivity contribution < 1.29 is 19.2 Å². The van der Waals surface area contributed by atoms with Gasteiger partial charge in [0.1, 0.15) is 5.02 Å². The minimum absolute atomic E-state index is 0.0490. The Labute approximate surface area is 161 Å². The number of nitro groups is 1. The Kier molecular flexibility index (Phi) is 7.31. The molecule has 1 N–H and O–H groups in total. The number of carbonyl (C=O) groups excluding carboxylic acids is 2. The molecule has 0 aromatic heterocycles. The summed E-state index contributed by atoms with van der Waals surface area (Å²) in [7, 11) is 0. The van der Waals surface area contributed by atoms with Gasteiger partial charge in [0.15, 0.2) is 6.61 Å². The Bertz CT molecular complexity index is 826. The van der Waals surface area contributed by atoms with Crippen LogP contribution in [-0.2, 0) is 9.53 Å². The topological polar surface area (TPSA) is 98.5 Å². The molecule has 0 aliphatic carbocycles. The van der Waals surface area contributed by atoms with Gasteiger partial charge in [-0.2, -0.15) is 0 Å². The fourth-order valence-electron chi connectivity index (χ4n) is 2.53. The molecule has 0 fully saturated rings. The summed E-state index contributed by atoms with van der Waals surface area (Å²) in [5.41, 5.74) is 0.516. The Morgan fingerprint density at radius 2 is 1.93 bits per heavy atom. The number of hydrogen-bond donors (Lipinski definition) is 1. The first-order valence-electron chi connectivity index (χ1n) is 8.37. The molecule has 8 heteroatoms. The largest absolute Gasteiger partial charge is 0.452 e. The van der Waals surface area contributed by atoms with Crippen LogP contribution in [0.4, 0.5) is 5.69 Å². The zero-order chi connectivity index (χ0) is 19.8. The standard InChI is InChI=1S/C19H19ClN2O5/c1-2-6-16(13-7-4-3-5-8-13)21-18(23)12-27-19(24)14-9-10-15(20)17(11-14)22(25)26/h3-5,7-11,16H,2,6,12H2,1H3,(H,21,23)/t16-/m0/s1. The van der Waals surface area contributed by atoms with Crippen LogP contribution in [0.2, 0.25) is 5.02 Å². The van der Waals surface area contributed by atoms with Crippen LogP contribution in [0, 0.1) is 10.1 Å². The molecule has 0 saturated carbocycles. The van der Waals surface area contributed by atoms with E-state index in [1.165, 1.54) is 12.1 Å². The lowest BCUT2D eigenvalue weighted by Crippen LogP contribution is -2.32. The monoisotopic (exact) mass is 390 g/mol. The zero-order valence-corrected chi connectivity index (χ0v) is 15.4. The highest BCUT2D eigenvalue weighted by Gasteiger charge is 2.19. The Balaban J connectivity index is 1.97. The van der Waals surface area contributed by atoms with Gasteiger partial charge in [-0.05, 0) is 24.1 Å². The van der Waals surface area contributed by atoms with Gasteiger partial charge >= 0.3 is 5.97 Å². The van der Waals surface area contributed by atoms with Gasteiger partial charge in [0.25, 0.3) is 11.6 Å². The van der Waals surface area contributed by atoms with Crippen LogP contribution in [0.25, 0.3) is 0 Å². The van der Waals surface area contributed by atoms with Crippen LogP contribution in [-0.4, -0.2) is 23.4 Å². The second-order valence-electron chi connectivity index (χ2n) is 5.82. The van der Waals surface area contributed by atoms with Gasteiger partial charge in [-0.15, -0.1) is 0 Å². The molecule has 1 atom stereocenters. The van der Waals surface area contributed by atoms with Gasteiger partial charge < -0.3 is 10.1 Å². The molecular formula is C19H19ClN2O5. The summed E-state index contributed by atoms with van der Waals surface area (Å²) >= 11 is 5.71. The molecule has 2 aromatic rings. The van der Waals surface area contributed by atoms with Crippen molar-refractivity contribution >= 4 is 29.2 Å². The number of ether oxygens (including phenoxy) is 1. The molecule has 0 aliphatic rings. The maximum Gasteiger partial charge on any atom is 0.338 e. The van der Waals surface area contributed by atoms with Crippen LogP contribution >= 0.6 is 11.6 Å². The van der Waals surface area contributed by atoms with Crippen LogP contribution in [0.5, 0.6) is 0 Å². The van der Waals surface area contributed by atoms with Crippen molar-refractivity contribution in [3.63, 3.8) is 0 Å². The first kappa shape index (κ1) is 20.4. The number of rotatable bonds is 8. The van der Waals surface area contributed by atoms with E-state index in [9.17, 15) is 19.7 Å². The third-order valence-electron chi connectivity index (χ3n) is 3.83. The lowest BCUT2D eigenvalue weighted by molar-refractivity contribution is -0.384. The molecule has 0 unspecified atom stereocenters. The van der Waals surface area contributed by atoms with Crippen molar-refractivity contribution in [1.29, 1.82) is 0 Å². The highest BCUT2D eigenvalue weighted by atomic mass is 35.5. The minimum Gasteiger partial charge on any atom is -0.452 e. The Hall–Kier alpha value is -2.93. The number of carbonyl (C=O) groups is 2. The SMILES string of the molecule is CCC[C@H](NC(=O)COC(=O)c1ccc(Cl)c([N+](=O)[O-])c1)c1ccccc1. The lowest BCUT2D eigenvalue weighted by atomic mass is 10.0. The third kappa shape index (κ3) is 5.79.